The van der Waals surface area contributed by atoms with Crippen LogP contribution in [0.1, 0.15) is 0 Å². The van der Waals surface area contributed by atoms with Crippen LogP contribution < -0.4 is 0 Å². The highest BCUT2D eigenvalue weighted by Gasteiger charge is 2.15. The highest BCUT2D eigenvalue weighted by Crippen LogP contribution is 2.15. The van der Waals surface area contributed by atoms with Gasteiger partial charge in [-0.3, -0.25) is 10.1 Å². The van der Waals surface area contributed by atoms with Crippen LogP contribution in [0.25, 0.3) is 0 Å². The zero-order chi connectivity index (χ0) is 9.14. The number of nitrogens with zero attached hydrogens (tertiary/aromatic N) is 2. The molecule has 0 atom stereocenters. The highest BCUT2D eigenvalue weighted by molar-refractivity contribution is 7.72. The Morgan fingerprint density at radius 1 is 1.50 bits per heavy atom. The van der Waals surface area contributed by atoms with Gasteiger partial charge in [0, 0.05) is 12.3 Å². The molecule has 1 aromatic rings. The van der Waals surface area contributed by atoms with E-state index in [-0.39, 0.29) is 0 Å². The number of hydrogen-bond acceptors (Lipinski definition) is 5. The Morgan fingerprint density at radius 2 is 2.17 bits per heavy atom. The first-order valence-corrected chi connectivity index (χ1v) is 4.04. The minimum absolute atomic E-state index is 0.492. The third-order valence-electron chi connectivity index (χ3n) is 1.14. The van der Waals surface area contributed by atoms with Gasteiger partial charge >= 0.3 is 5.69 Å². The largest absolute Gasteiger partial charge is 0.306 e. The van der Waals surface area contributed by atoms with Gasteiger partial charge in [-0.1, -0.05) is 0 Å². The molecule has 12 heavy (non-hydrogen) atoms. The van der Waals surface area contributed by atoms with Crippen LogP contribution in [0, 0.1) is 10.1 Å². The van der Waals surface area contributed by atoms with Crippen LogP contribution in [0.5, 0.6) is 0 Å². The fraction of sp³-hybridized carbons (Fsp3) is 0. The Kier molecular flexibility index (Phi) is 2.34. The van der Waals surface area contributed by atoms with Gasteiger partial charge in [0.2, 0.25) is 5.03 Å². The number of thiol groups is 1. The van der Waals surface area contributed by atoms with Gasteiger partial charge in [-0.05, 0) is 6.07 Å². The van der Waals surface area contributed by atoms with Crippen LogP contribution in [0.2, 0.25) is 0 Å². The molecule has 7 heteroatoms. The molecule has 64 valence electrons. The molecule has 1 rings (SSSR count). The number of aromatic nitrogens is 1. The van der Waals surface area contributed by atoms with E-state index in [0.29, 0.717) is 0 Å². The molecule has 0 saturated heterocycles. The summed E-state index contributed by atoms with van der Waals surface area (Å²) < 4.78 is 20.8. The monoisotopic (exact) mass is 188 g/mol. The van der Waals surface area contributed by atoms with Crippen molar-refractivity contribution in [2.45, 2.75) is 5.03 Å². The van der Waals surface area contributed by atoms with Crippen LogP contribution in [0.15, 0.2) is 23.4 Å². The van der Waals surface area contributed by atoms with Gasteiger partial charge in [-0.15, -0.1) is 0 Å². The van der Waals surface area contributed by atoms with E-state index in [4.69, 9.17) is 0 Å². The summed E-state index contributed by atoms with van der Waals surface area (Å²) in [6.45, 7) is 0. The van der Waals surface area contributed by atoms with Gasteiger partial charge in [-0.2, -0.15) is 0 Å². The van der Waals surface area contributed by atoms with Crippen LogP contribution in [-0.2, 0) is 10.7 Å². The molecule has 0 aliphatic heterocycles. The van der Waals surface area contributed by atoms with Crippen LogP contribution >= 0.6 is 0 Å². The van der Waals surface area contributed by atoms with Crippen LogP contribution in [-0.4, -0.2) is 18.3 Å². The standard InChI is InChI=1S/C5H4N2O4S/c8-7(9)4-2-1-3-6-5(4)12(10)11/h1-3,12H. The fourth-order valence-corrected chi connectivity index (χ4v) is 1.18. The Hall–Kier alpha value is -1.50. The lowest BCUT2D eigenvalue weighted by Crippen LogP contribution is -1.95. The predicted octanol–water partition coefficient (Wildman–Crippen LogP) is -0.0399. The lowest BCUT2D eigenvalue weighted by atomic mass is 10.4. The summed E-state index contributed by atoms with van der Waals surface area (Å²) in [5, 5.41) is 9.72. The van der Waals surface area contributed by atoms with E-state index in [1.807, 2.05) is 0 Å². The van der Waals surface area contributed by atoms with E-state index in [9.17, 15) is 18.5 Å². The van der Waals surface area contributed by atoms with Gasteiger partial charge in [0.1, 0.15) is 0 Å². The number of rotatable bonds is 2. The van der Waals surface area contributed by atoms with E-state index >= 15 is 0 Å². The summed E-state index contributed by atoms with van der Waals surface area (Å²) in [7, 11) is -3.00. The molecule has 0 bridgehead atoms. The van der Waals surface area contributed by atoms with Crippen molar-refractivity contribution in [3.63, 3.8) is 0 Å². The molecule has 0 radical (unpaired) electrons. The van der Waals surface area contributed by atoms with E-state index in [1.54, 1.807) is 0 Å². The Morgan fingerprint density at radius 3 is 2.58 bits per heavy atom. The molecular formula is C5H4N2O4S. The second-order valence-corrected chi connectivity index (χ2v) is 2.80. The van der Waals surface area contributed by atoms with Gasteiger partial charge in [0.15, 0.2) is 10.7 Å². The Balaban J connectivity index is 3.36. The van der Waals surface area contributed by atoms with Crippen molar-refractivity contribution in [3.05, 3.63) is 28.4 Å². The van der Waals surface area contributed by atoms with Crippen molar-refractivity contribution >= 4 is 16.4 Å². The Labute approximate surface area is 69.0 Å². The van der Waals surface area contributed by atoms with Gasteiger partial charge in [-0.25, -0.2) is 13.4 Å². The quantitative estimate of drug-likeness (QED) is 0.399. The summed E-state index contributed by atoms with van der Waals surface area (Å²) in [5.41, 5.74) is -0.492. The first-order chi connectivity index (χ1) is 5.63. The predicted molar refractivity (Wildman–Crippen MR) is 39.5 cm³/mol. The smallest absolute Gasteiger partial charge is 0.258 e. The van der Waals surface area contributed by atoms with Gasteiger partial charge in [0.25, 0.3) is 0 Å². The second-order valence-electron chi connectivity index (χ2n) is 1.86. The maximum absolute atomic E-state index is 10.4. The van der Waals surface area contributed by atoms with Gasteiger partial charge in [0.05, 0.1) is 4.92 Å². The van der Waals surface area contributed by atoms with Crippen molar-refractivity contribution < 1.29 is 13.3 Å². The summed E-state index contributed by atoms with van der Waals surface area (Å²) >= 11 is 0. The summed E-state index contributed by atoms with van der Waals surface area (Å²) in [6.07, 6.45) is 1.19. The first kappa shape index (κ1) is 8.60. The maximum atomic E-state index is 10.4. The van der Waals surface area contributed by atoms with Gasteiger partial charge < -0.3 is 0 Å². The van der Waals surface area contributed by atoms with E-state index < -0.39 is 26.3 Å². The second kappa shape index (κ2) is 3.26. The van der Waals surface area contributed by atoms with Crippen LogP contribution in [0.3, 0.4) is 0 Å². The summed E-state index contributed by atoms with van der Waals surface area (Å²) in [6, 6.07) is 2.40. The zero-order valence-electron chi connectivity index (χ0n) is 5.71. The normalized spacial score (nSPS) is 10.1. The molecule has 0 saturated carbocycles. The lowest BCUT2D eigenvalue weighted by Gasteiger charge is -1.91. The molecule has 1 heterocycles. The summed E-state index contributed by atoms with van der Waals surface area (Å²) in [4.78, 5) is 12.8. The third kappa shape index (κ3) is 1.56. The van der Waals surface area contributed by atoms with Crippen molar-refractivity contribution in [2.75, 3.05) is 0 Å². The molecule has 0 unspecified atom stereocenters. The lowest BCUT2D eigenvalue weighted by molar-refractivity contribution is -0.388. The van der Waals surface area contributed by atoms with Crippen molar-refractivity contribution in [3.8, 4) is 0 Å². The number of hydrogen-bond donors (Lipinski definition) is 1. The Bertz CT molecular complexity index is 379. The van der Waals surface area contributed by atoms with E-state index in [1.165, 1.54) is 12.3 Å². The molecular weight excluding hydrogens is 184 g/mol. The molecule has 0 aromatic carbocycles. The minimum Gasteiger partial charge on any atom is -0.258 e. The van der Waals surface area contributed by atoms with Crippen molar-refractivity contribution in [1.82, 2.24) is 4.98 Å². The SMILES string of the molecule is O=[N+]([O-])c1cccnc1[SH](=O)=O. The number of pyridine rings is 1. The molecule has 0 fully saturated rings. The average molecular weight is 188 g/mol. The first-order valence-electron chi connectivity index (χ1n) is 2.86. The third-order valence-corrected chi connectivity index (χ3v) is 1.83. The molecule has 0 aliphatic rings. The topological polar surface area (TPSA) is 90.2 Å². The molecule has 0 spiro atoms. The molecule has 0 N–H and O–H groups in total. The average Bonchev–Trinajstić information content (AvgIpc) is 2.04. The minimum atomic E-state index is -3.00. The van der Waals surface area contributed by atoms with E-state index in [2.05, 4.69) is 4.98 Å². The maximum Gasteiger partial charge on any atom is 0.306 e. The summed E-state index contributed by atoms with van der Waals surface area (Å²) in [5.74, 6) is 0. The van der Waals surface area contributed by atoms with Crippen molar-refractivity contribution in [1.29, 1.82) is 0 Å². The zero-order valence-corrected chi connectivity index (χ0v) is 6.60. The molecule has 0 aliphatic carbocycles. The molecule has 0 amide bonds. The van der Waals surface area contributed by atoms with Crippen LogP contribution in [0.4, 0.5) is 5.69 Å². The molecule has 6 nitrogen and oxygen atoms in total. The highest BCUT2D eigenvalue weighted by atomic mass is 32.2. The number of nitro groups is 1. The molecule has 1 aromatic heterocycles. The van der Waals surface area contributed by atoms with Crippen molar-refractivity contribution in [2.24, 2.45) is 0 Å². The fourth-order valence-electron chi connectivity index (χ4n) is 0.672. The van der Waals surface area contributed by atoms with E-state index in [0.717, 1.165) is 6.07 Å².